The monoisotopic (exact) mass is 340 g/mol. The summed E-state index contributed by atoms with van der Waals surface area (Å²) in [5.74, 6) is 1.36. The maximum absolute atomic E-state index is 12.5. The number of carbonyl (C=O) groups is 1. The molecule has 0 unspecified atom stereocenters. The fraction of sp³-hybridized carbons (Fsp3) is 0.421. The minimum atomic E-state index is -0.0155. The maximum atomic E-state index is 12.5. The summed E-state index contributed by atoms with van der Waals surface area (Å²) in [6.07, 6.45) is 0.739. The van der Waals surface area contributed by atoms with Crippen LogP contribution in [0.3, 0.4) is 0 Å². The highest BCUT2D eigenvalue weighted by Gasteiger charge is 2.24. The number of hydrogen-bond donors (Lipinski definition) is 1. The maximum Gasteiger partial charge on any atom is 0.260 e. The molecule has 1 N–H and O–H groups in total. The fourth-order valence-electron chi connectivity index (χ4n) is 2.87. The first kappa shape index (κ1) is 17.2. The molecule has 0 saturated heterocycles. The average Bonchev–Trinajstić information content (AvgIpc) is 2.60. The van der Waals surface area contributed by atoms with E-state index < -0.39 is 0 Å². The number of rotatable bonds is 5. The Balaban J connectivity index is 1.65. The minimum absolute atomic E-state index is 0.0155. The Labute approximate surface area is 148 Å². The van der Waals surface area contributed by atoms with Crippen LogP contribution < -0.4 is 10.1 Å². The van der Waals surface area contributed by atoms with Crippen LogP contribution in [0.1, 0.15) is 30.8 Å². The molecule has 2 heterocycles. The first-order chi connectivity index (χ1) is 12.0. The quantitative estimate of drug-likeness (QED) is 0.906. The second kappa shape index (κ2) is 7.51. The minimum Gasteiger partial charge on any atom is -0.484 e. The second-order valence-corrected chi connectivity index (χ2v) is 6.52. The first-order valence-electron chi connectivity index (χ1n) is 8.61. The normalized spacial score (nSPS) is 13.5. The molecule has 132 valence electrons. The molecular weight excluding hydrogens is 316 g/mol. The number of anilines is 1. The third kappa shape index (κ3) is 4.26. The Bertz CT molecular complexity index is 747. The largest absolute Gasteiger partial charge is 0.484 e. The van der Waals surface area contributed by atoms with Crippen molar-refractivity contribution in [1.82, 2.24) is 14.9 Å². The van der Waals surface area contributed by atoms with Gasteiger partial charge >= 0.3 is 0 Å². The van der Waals surface area contributed by atoms with Crippen molar-refractivity contribution < 1.29 is 9.53 Å². The lowest BCUT2D eigenvalue weighted by Gasteiger charge is -2.29. The number of aromatic nitrogens is 2. The molecule has 25 heavy (non-hydrogen) atoms. The summed E-state index contributed by atoms with van der Waals surface area (Å²) in [5.41, 5.74) is 3.01. The molecule has 2 aromatic rings. The Kier molecular flexibility index (Phi) is 5.16. The van der Waals surface area contributed by atoms with E-state index in [9.17, 15) is 4.79 Å². The Morgan fingerprint density at radius 3 is 2.76 bits per heavy atom. The number of aryl methyl sites for hydroxylation is 1. The van der Waals surface area contributed by atoms with Gasteiger partial charge in [-0.3, -0.25) is 4.79 Å². The van der Waals surface area contributed by atoms with E-state index in [0.29, 0.717) is 24.8 Å². The molecule has 0 fully saturated rings. The van der Waals surface area contributed by atoms with Crippen molar-refractivity contribution >= 4 is 11.9 Å². The Morgan fingerprint density at radius 1 is 1.28 bits per heavy atom. The van der Waals surface area contributed by atoms with Gasteiger partial charge in [0.2, 0.25) is 5.95 Å². The summed E-state index contributed by atoms with van der Waals surface area (Å²) >= 11 is 0. The smallest absolute Gasteiger partial charge is 0.260 e. The van der Waals surface area contributed by atoms with Gasteiger partial charge in [0.1, 0.15) is 5.75 Å². The molecule has 0 aliphatic carbocycles. The Hall–Kier alpha value is -2.63. The number of para-hydroxylation sites is 1. The van der Waals surface area contributed by atoms with E-state index in [1.54, 1.807) is 0 Å². The third-order valence-electron chi connectivity index (χ3n) is 4.14. The van der Waals surface area contributed by atoms with Crippen molar-refractivity contribution in [1.29, 1.82) is 0 Å². The SMILES string of the molecule is Cc1nc(NC(C)C)nc2c1CN(C(=O)COc1ccccc1)CC2. The third-order valence-corrected chi connectivity index (χ3v) is 4.14. The molecule has 1 aliphatic heterocycles. The van der Waals surface area contributed by atoms with Crippen molar-refractivity contribution in [3.8, 4) is 5.75 Å². The number of ether oxygens (including phenoxy) is 1. The topological polar surface area (TPSA) is 67.4 Å². The van der Waals surface area contributed by atoms with Crippen LogP contribution in [0.25, 0.3) is 0 Å². The zero-order valence-corrected chi connectivity index (χ0v) is 15.0. The number of nitrogens with one attached hydrogen (secondary N) is 1. The number of benzene rings is 1. The van der Waals surface area contributed by atoms with Crippen LogP contribution in [0, 0.1) is 6.92 Å². The van der Waals surface area contributed by atoms with Gasteiger partial charge in [0.15, 0.2) is 6.61 Å². The summed E-state index contributed by atoms with van der Waals surface area (Å²) in [6, 6.07) is 9.68. The molecule has 1 amide bonds. The lowest BCUT2D eigenvalue weighted by Crippen LogP contribution is -2.39. The van der Waals surface area contributed by atoms with Crippen molar-refractivity contribution in [2.75, 3.05) is 18.5 Å². The van der Waals surface area contributed by atoms with Crippen LogP contribution in [0.5, 0.6) is 5.75 Å². The molecule has 0 radical (unpaired) electrons. The van der Waals surface area contributed by atoms with E-state index in [4.69, 9.17) is 4.74 Å². The van der Waals surface area contributed by atoms with E-state index in [0.717, 1.165) is 23.4 Å². The van der Waals surface area contributed by atoms with Gasteiger partial charge in [-0.25, -0.2) is 9.97 Å². The molecule has 1 aliphatic rings. The number of nitrogens with zero attached hydrogens (tertiary/aromatic N) is 3. The molecule has 0 spiro atoms. The van der Waals surface area contributed by atoms with Gasteiger partial charge < -0.3 is 15.0 Å². The number of hydrogen-bond acceptors (Lipinski definition) is 5. The molecule has 3 rings (SSSR count). The predicted molar refractivity (Wildman–Crippen MR) is 96.6 cm³/mol. The van der Waals surface area contributed by atoms with Gasteiger partial charge in [0, 0.05) is 36.8 Å². The highest BCUT2D eigenvalue weighted by atomic mass is 16.5. The molecule has 1 aromatic heterocycles. The molecule has 6 nitrogen and oxygen atoms in total. The van der Waals surface area contributed by atoms with E-state index in [-0.39, 0.29) is 18.6 Å². The number of amides is 1. The van der Waals surface area contributed by atoms with E-state index in [2.05, 4.69) is 29.1 Å². The standard InChI is InChI=1S/C19H24N4O2/c1-13(2)20-19-21-14(3)16-11-23(10-9-17(16)22-19)18(24)12-25-15-7-5-4-6-8-15/h4-8,13H,9-12H2,1-3H3,(H,20,21,22). The molecule has 6 heteroatoms. The van der Waals surface area contributed by atoms with Crippen LogP contribution in [0.4, 0.5) is 5.95 Å². The summed E-state index contributed by atoms with van der Waals surface area (Å²) < 4.78 is 5.57. The van der Waals surface area contributed by atoms with Gasteiger partial charge in [-0.2, -0.15) is 0 Å². The van der Waals surface area contributed by atoms with Gasteiger partial charge in [-0.05, 0) is 32.9 Å². The molecule has 0 bridgehead atoms. The highest BCUT2D eigenvalue weighted by Crippen LogP contribution is 2.22. The van der Waals surface area contributed by atoms with Crippen LogP contribution in [-0.2, 0) is 17.8 Å². The van der Waals surface area contributed by atoms with Crippen LogP contribution in [0.15, 0.2) is 30.3 Å². The summed E-state index contributed by atoms with van der Waals surface area (Å²) in [7, 11) is 0. The van der Waals surface area contributed by atoms with Gasteiger partial charge in [-0.15, -0.1) is 0 Å². The van der Waals surface area contributed by atoms with Crippen molar-refractivity contribution in [2.45, 2.75) is 39.8 Å². The van der Waals surface area contributed by atoms with E-state index in [1.165, 1.54) is 0 Å². The van der Waals surface area contributed by atoms with Crippen LogP contribution in [0.2, 0.25) is 0 Å². The average molecular weight is 340 g/mol. The molecule has 0 saturated carbocycles. The predicted octanol–water partition coefficient (Wildman–Crippen LogP) is 2.57. The van der Waals surface area contributed by atoms with Gasteiger partial charge in [0.25, 0.3) is 5.91 Å². The summed E-state index contributed by atoms with van der Waals surface area (Å²) in [4.78, 5) is 23.4. The van der Waals surface area contributed by atoms with Crippen molar-refractivity contribution in [3.63, 3.8) is 0 Å². The summed E-state index contributed by atoms with van der Waals surface area (Å²) in [5, 5.41) is 3.25. The zero-order chi connectivity index (χ0) is 17.8. The lowest BCUT2D eigenvalue weighted by molar-refractivity contribution is -0.134. The number of fused-ring (bicyclic) bond motifs is 1. The first-order valence-corrected chi connectivity index (χ1v) is 8.61. The Morgan fingerprint density at radius 2 is 2.04 bits per heavy atom. The van der Waals surface area contributed by atoms with Crippen LogP contribution in [-0.4, -0.2) is 40.0 Å². The van der Waals surface area contributed by atoms with Crippen LogP contribution >= 0.6 is 0 Å². The zero-order valence-electron chi connectivity index (χ0n) is 15.0. The van der Waals surface area contributed by atoms with E-state index >= 15 is 0 Å². The lowest BCUT2D eigenvalue weighted by atomic mass is 10.0. The van der Waals surface area contributed by atoms with Gasteiger partial charge in [0.05, 0.1) is 5.69 Å². The molecular formula is C19H24N4O2. The number of carbonyl (C=O) groups excluding carboxylic acids is 1. The highest BCUT2D eigenvalue weighted by molar-refractivity contribution is 5.78. The van der Waals surface area contributed by atoms with Gasteiger partial charge in [-0.1, -0.05) is 18.2 Å². The molecule has 0 atom stereocenters. The van der Waals surface area contributed by atoms with E-state index in [1.807, 2.05) is 42.2 Å². The van der Waals surface area contributed by atoms with Crippen molar-refractivity contribution in [2.24, 2.45) is 0 Å². The van der Waals surface area contributed by atoms with Crippen molar-refractivity contribution in [3.05, 3.63) is 47.3 Å². The fourth-order valence-corrected chi connectivity index (χ4v) is 2.87. The molecule has 1 aromatic carbocycles. The second-order valence-electron chi connectivity index (χ2n) is 6.52. The summed E-state index contributed by atoms with van der Waals surface area (Å²) in [6.45, 7) is 7.34.